The van der Waals surface area contributed by atoms with Gasteiger partial charge in [0.2, 0.25) is 11.7 Å². The number of aliphatic imine (C=N–C) groups is 1. The number of nitrogens with zero attached hydrogens (tertiary/aromatic N) is 1. The number of ether oxygens (including phenoxy) is 3. The second-order valence-electron chi connectivity index (χ2n) is 6.89. The predicted octanol–water partition coefficient (Wildman–Crippen LogP) is 1.54. The van der Waals surface area contributed by atoms with Crippen molar-refractivity contribution in [2.75, 3.05) is 41.5 Å². The van der Waals surface area contributed by atoms with Gasteiger partial charge in [-0.25, -0.2) is 0 Å². The van der Waals surface area contributed by atoms with Crippen LogP contribution >= 0.6 is 0 Å². The van der Waals surface area contributed by atoms with E-state index in [1.54, 1.807) is 28.4 Å². The van der Waals surface area contributed by atoms with Crippen molar-refractivity contribution in [3.63, 3.8) is 0 Å². The van der Waals surface area contributed by atoms with Gasteiger partial charge in [0.1, 0.15) is 0 Å². The maximum Gasteiger partial charge on any atom is 0.225 e. The van der Waals surface area contributed by atoms with Crippen molar-refractivity contribution >= 4 is 11.9 Å². The van der Waals surface area contributed by atoms with Crippen LogP contribution in [-0.4, -0.2) is 53.3 Å². The number of benzene rings is 1. The minimum absolute atomic E-state index is 0.0182. The van der Waals surface area contributed by atoms with Gasteiger partial charge in [0, 0.05) is 32.1 Å². The van der Waals surface area contributed by atoms with Crippen LogP contribution in [0.4, 0.5) is 0 Å². The summed E-state index contributed by atoms with van der Waals surface area (Å²) in [6, 6.07) is 3.76. The summed E-state index contributed by atoms with van der Waals surface area (Å²) in [4.78, 5) is 16.0. The van der Waals surface area contributed by atoms with E-state index in [1.807, 2.05) is 32.9 Å². The fourth-order valence-corrected chi connectivity index (χ4v) is 2.27. The minimum Gasteiger partial charge on any atom is -0.493 e. The first-order chi connectivity index (χ1) is 12.8. The van der Waals surface area contributed by atoms with Crippen molar-refractivity contribution in [3.05, 3.63) is 17.7 Å². The van der Waals surface area contributed by atoms with Crippen LogP contribution in [0.3, 0.4) is 0 Å². The molecule has 152 valence electrons. The molecule has 0 saturated heterocycles. The van der Waals surface area contributed by atoms with Crippen molar-refractivity contribution in [2.45, 2.75) is 27.3 Å². The third-order valence-corrected chi connectivity index (χ3v) is 3.79. The minimum atomic E-state index is -0.396. The maximum absolute atomic E-state index is 11.8. The van der Waals surface area contributed by atoms with E-state index in [-0.39, 0.29) is 5.91 Å². The SMILES string of the molecule is CN=C(NCCNC(=O)C(C)(C)C)NCc1cc(OC)c(OC)c(OC)c1. The molecule has 1 aromatic rings. The molecule has 0 aromatic heterocycles. The van der Waals surface area contributed by atoms with E-state index >= 15 is 0 Å². The molecule has 0 unspecified atom stereocenters. The lowest BCUT2D eigenvalue weighted by molar-refractivity contribution is -0.128. The number of carbonyl (C=O) groups excluding carboxylic acids is 1. The van der Waals surface area contributed by atoms with E-state index < -0.39 is 5.41 Å². The monoisotopic (exact) mass is 380 g/mol. The molecule has 0 spiro atoms. The summed E-state index contributed by atoms with van der Waals surface area (Å²) in [7, 11) is 6.43. The van der Waals surface area contributed by atoms with Crippen molar-refractivity contribution in [1.82, 2.24) is 16.0 Å². The number of carbonyl (C=O) groups is 1. The summed E-state index contributed by atoms with van der Waals surface area (Å²) in [6.45, 7) is 7.25. The number of guanidine groups is 1. The number of rotatable bonds is 8. The Bertz CT molecular complexity index is 629. The fraction of sp³-hybridized carbons (Fsp3) is 0.579. The third kappa shape index (κ3) is 6.88. The third-order valence-electron chi connectivity index (χ3n) is 3.79. The van der Waals surface area contributed by atoms with Crippen LogP contribution in [0.25, 0.3) is 0 Å². The average molecular weight is 380 g/mol. The molecule has 3 N–H and O–H groups in total. The van der Waals surface area contributed by atoms with E-state index in [0.717, 1.165) is 5.56 Å². The highest BCUT2D eigenvalue weighted by atomic mass is 16.5. The van der Waals surface area contributed by atoms with Crippen molar-refractivity contribution in [3.8, 4) is 17.2 Å². The van der Waals surface area contributed by atoms with Gasteiger partial charge in [-0.05, 0) is 17.7 Å². The number of hydrogen-bond acceptors (Lipinski definition) is 5. The first-order valence-electron chi connectivity index (χ1n) is 8.78. The normalized spacial score (nSPS) is 11.6. The molecule has 0 atom stereocenters. The van der Waals surface area contributed by atoms with Crippen molar-refractivity contribution in [1.29, 1.82) is 0 Å². The van der Waals surface area contributed by atoms with Crippen LogP contribution in [0.2, 0.25) is 0 Å². The summed E-state index contributed by atoms with van der Waals surface area (Å²) in [5.41, 5.74) is 0.556. The highest BCUT2D eigenvalue weighted by molar-refractivity contribution is 5.81. The molecule has 27 heavy (non-hydrogen) atoms. The van der Waals surface area contributed by atoms with Gasteiger partial charge in [-0.3, -0.25) is 9.79 Å². The molecule has 0 saturated carbocycles. The van der Waals surface area contributed by atoms with E-state index in [9.17, 15) is 4.79 Å². The van der Waals surface area contributed by atoms with Gasteiger partial charge in [0.05, 0.1) is 21.3 Å². The van der Waals surface area contributed by atoms with Gasteiger partial charge < -0.3 is 30.2 Å². The van der Waals surface area contributed by atoms with Gasteiger partial charge in [0.25, 0.3) is 0 Å². The number of methoxy groups -OCH3 is 3. The molecule has 1 amide bonds. The standard InChI is InChI=1S/C19H32N4O4/c1-19(2,3)17(24)21-8-9-22-18(20-4)23-12-13-10-14(25-5)16(27-7)15(11-13)26-6/h10-11H,8-9,12H2,1-7H3,(H,21,24)(H2,20,22,23). The van der Waals surface area contributed by atoms with Crippen LogP contribution in [0.1, 0.15) is 26.3 Å². The fourth-order valence-electron chi connectivity index (χ4n) is 2.27. The molecular formula is C19H32N4O4. The number of nitrogens with one attached hydrogen (secondary N) is 3. The second-order valence-corrected chi connectivity index (χ2v) is 6.89. The molecule has 0 aliphatic rings. The summed E-state index contributed by atoms with van der Waals surface area (Å²) in [5, 5.41) is 9.27. The summed E-state index contributed by atoms with van der Waals surface area (Å²) < 4.78 is 16.1. The van der Waals surface area contributed by atoms with E-state index in [4.69, 9.17) is 14.2 Å². The maximum atomic E-state index is 11.8. The van der Waals surface area contributed by atoms with Gasteiger partial charge in [-0.15, -0.1) is 0 Å². The largest absolute Gasteiger partial charge is 0.493 e. The first-order valence-corrected chi connectivity index (χ1v) is 8.78. The zero-order valence-electron chi connectivity index (χ0n) is 17.4. The highest BCUT2D eigenvalue weighted by Gasteiger charge is 2.20. The Labute approximate surface area is 161 Å². The van der Waals surface area contributed by atoms with Crippen LogP contribution in [-0.2, 0) is 11.3 Å². The summed E-state index contributed by atoms with van der Waals surface area (Å²) >= 11 is 0. The van der Waals surface area contributed by atoms with Crippen LogP contribution in [0.5, 0.6) is 17.2 Å². The Morgan fingerprint density at radius 2 is 1.52 bits per heavy atom. The van der Waals surface area contributed by atoms with Gasteiger partial charge >= 0.3 is 0 Å². The Morgan fingerprint density at radius 1 is 0.963 bits per heavy atom. The summed E-state index contributed by atoms with van der Waals surface area (Å²) in [5.74, 6) is 2.40. The highest BCUT2D eigenvalue weighted by Crippen LogP contribution is 2.38. The van der Waals surface area contributed by atoms with Crippen molar-refractivity contribution in [2.24, 2.45) is 10.4 Å². The molecule has 0 aliphatic carbocycles. The van der Waals surface area contributed by atoms with Crippen LogP contribution in [0.15, 0.2) is 17.1 Å². The zero-order chi connectivity index (χ0) is 20.4. The van der Waals surface area contributed by atoms with E-state index in [0.29, 0.717) is 42.8 Å². The van der Waals surface area contributed by atoms with Gasteiger partial charge in [-0.1, -0.05) is 20.8 Å². The molecule has 0 radical (unpaired) electrons. The molecule has 1 aromatic carbocycles. The molecule has 0 fully saturated rings. The van der Waals surface area contributed by atoms with E-state index in [1.165, 1.54) is 0 Å². The quantitative estimate of drug-likeness (QED) is 0.360. The first kappa shape index (κ1) is 22.4. The lowest BCUT2D eigenvalue weighted by atomic mass is 9.96. The number of hydrogen-bond donors (Lipinski definition) is 3. The smallest absolute Gasteiger partial charge is 0.225 e. The van der Waals surface area contributed by atoms with Crippen molar-refractivity contribution < 1.29 is 19.0 Å². The summed E-state index contributed by atoms with van der Waals surface area (Å²) in [6.07, 6.45) is 0. The second kappa shape index (κ2) is 10.5. The van der Waals surface area contributed by atoms with E-state index in [2.05, 4.69) is 20.9 Å². The van der Waals surface area contributed by atoms with Gasteiger partial charge in [-0.2, -0.15) is 0 Å². The Kier molecular flexibility index (Phi) is 8.71. The molecule has 8 heteroatoms. The molecule has 0 aliphatic heterocycles. The topological polar surface area (TPSA) is 93.2 Å². The van der Waals surface area contributed by atoms with Crippen LogP contribution in [0, 0.1) is 5.41 Å². The molecule has 0 heterocycles. The Balaban J connectivity index is 2.59. The van der Waals surface area contributed by atoms with Crippen LogP contribution < -0.4 is 30.2 Å². The molecule has 8 nitrogen and oxygen atoms in total. The molecular weight excluding hydrogens is 348 g/mol. The lowest BCUT2D eigenvalue weighted by Crippen LogP contribution is -2.43. The predicted molar refractivity (Wildman–Crippen MR) is 107 cm³/mol. The zero-order valence-corrected chi connectivity index (χ0v) is 17.4. The molecule has 0 bridgehead atoms. The Morgan fingerprint density at radius 3 is 1.96 bits per heavy atom. The average Bonchev–Trinajstić information content (AvgIpc) is 2.65. The number of amides is 1. The molecule has 1 rings (SSSR count). The lowest BCUT2D eigenvalue weighted by Gasteiger charge is -2.18. The van der Waals surface area contributed by atoms with Gasteiger partial charge in [0.15, 0.2) is 17.5 Å². The Hall–Kier alpha value is -2.64.